The van der Waals surface area contributed by atoms with E-state index in [1.165, 1.54) is 11.6 Å². The molecule has 1 aliphatic carbocycles. The van der Waals surface area contributed by atoms with Gasteiger partial charge >= 0.3 is 0 Å². The van der Waals surface area contributed by atoms with Crippen molar-refractivity contribution >= 4 is 33.2 Å². The smallest absolute Gasteiger partial charge is 0.264 e. The van der Waals surface area contributed by atoms with Gasteiger partial charge in [-0.3, -0.25) is 4.79 Å². The highest BCUT2D eigenvalue weighted by Crippen LogP contribution is 2.42. The van der Waals surface area contributed by atoms with E-state index in [9.17, 15) is 13.2 Å². The van der Waals surface area contributed by atoms with Gasteiger partial charge in [0.15, 0.2) is 0 Å². The molecule has 2 bridgehead atoms. The fraction of sp³-hybridized carbons (Fsp3) is 0.516. The van der Waals surface area contributed by atoms with Crippen LogP contribution >= 0.6 is 11.6 Å². The number of fused-ring (bicyclic) bond motifs is 3. The Hall–Kier alpha value is -2.55. The first-order valence-electron chi connectivity index (χ1n) is 14.3. The summed E-state index contributed by atoms with van der Waals surface area (Å²) in [5.41, 5.74) is 2.99. The number of ether oxygens (including phenoxy) is 2. The fourth-order valence-corrected chi connectivity index (χ4v) is 7.32. The third-order valence-electron chi connectivity index (χ3n) is 8.53. The molecule has 216 valence electrons. The average Bonchev–Trinajstić information content (AvgIpc) is 2.92. The van der Waals surface area contributed by atoms with Gasteiger partial charge in [-0.15, -0.1) is 0 Å². The monoisotopic (exact) mass is 586 g/mol. The molecule has 0 aromatic heterocycles. The molecule has 0 spiro atoms. The van der Waals surface area contributed by atoms with E-state index in [0.717, 1.165) is 56.4 Å². The summed E-state index contributed by atoms with van der Waals surface area (Å²) >= 11 is 6.30. The summed E-state index contributed by atoms with van der Waals surface area (Å²) in [6.07, 6.45) is 10.0. The molecule has 0 radical (unpaired) electrons. The van der Waals surface area contributed by atoms with E-state index < -0.39 is 15.9 Å². The third-order valence-corrected chi connectivity index (χ3v) is 10.1. The quantitative estimate of drug-likeness (QED) is 0.419. The van der Waals surface area contributed by atoms with Crippen LogP contribution in [-0.4, -0.2) is 40.6 Å². The van der Waals surface area contributed by atoms with Crippen molar-refractivity contribution in [2.75, 3.05) is 25.1 Å². The summed E-state index contributed by atoms with van der Waals surface area (Å²) in [5.74, 6) is 0.919. The number of hydrogen-bond donors (Lipinski definition) is 1. The normalized spacial score (nSPS) is 28.0. The van der Waals surface area contributed by atoms with Crippen LogP contribution in [0, 0.1) is 17.8 Å². The summed E-state index contributed by atoms with van der Waals surface area (Å²) < 4.78 is 41.2. The lowest BCUT2D eigenvalue weighted by Crippen LogP contribution is -2.44. The van der Waals surface area contributed by atoms with E-state index in [0.29, 0.717) is 35.6 Å². The summed E-state index contributed by atoms with van der Waals surface area (Å²) in [5, 5.41) is 0.712. The highest BCUT2D eigenvalue weighted by atomic mass is 35.5. The van der Waals surface area contributed by atoms with Gasteiger partial charge in [0.25, 0.3) is 10.0 Å². The number of carbonyl (C=O) groups is 1. The molecule has 2 heterocycles. The fourth-order valence-electron chi connectivity index (χ4n) is 6.11. The Bertz CT molecular complexity index is 1360. The number of methoxy groups -OCH3 is 1. The maximum absolute atomic E-state index is 13.3. The van der Waals surface area contributed by atoms with Crippen LogP contribution in [0.2, 0.25) is 5.02 Å². The Morgan fingerprint density at radius 1 is 1.10 bits per heavy atom. The van der Waals surface area contributed by atoms with E-state index in [2.05, 4.69) is 21.8 Å². The molecule has 9 heteroatoms. The van der Waals surface area contributed by atoms with E-state index >= 15 is 0 Å². The van der Waals surface area contributed by atoms with Crippen LogP contribution in [0.15, 0.2) is 53.4 Å². The van der Waals surface area contributed by atoms with Crippen molar-refractivity contribution in [3.63, 3.8) is 0 Å². The first-order valence-corrected chi connectivity index (χ1v) is 16.1. The lowest BCUT2D eigenvalue weighted by molar-refractivity contribution is -0.120. The van der Waals surface area contributed by atoms with Crippen molar-refractivity contribution in [1.82, 2.24) is 4.72 Å². The largest absolute Gasteiger partial charge is 0.487 e. The van der Waals surface area contributed by atoms with Gasteiger partial charge in [-0.1, -0.05) is 36.7 Å². The number of allylic oxidation sites excluding steroid dienone is 1. The van der Waals surface area contributed by atoms with Gasteiger partial charge in [0, 0.05) is 31.6 Å². The number of anilines is 1. The van der Waals surface area contributed by atoms with Crippen molar-refractivity contribution in [3.8, 4) is 5.75 Å². The lowest BCUT2D eigenvalue weighted by atomic mass is 9.70. The Labute approximate surface area is 242 Å². The molecule has 1 saturated carbocycles. The maximum atomic E-state index is 13.3. The van der Waals surface area contributed by atoms with Crippen LogP contribution in [-0.2, 0) is 32.6 Å². The van der Waals surface area contributed by atoms with E-state index in [1.807, 2.05) is 25.1 Å². The molecular formula is C31H39ClN2O5S. The highest BCUT2D eigenvalue weighted by molar-refractivity contribution is 7.90. The van der Waals surface area contributed by atoms with Crippen LogP contribution in [0.25, 0.3) is 0 Å². The number of benzene rings is 2. The van der Waals surface area contributed by atoms with Crippen LogP contribution in [0.5, 0.6) is 5.75 Å². The Morgan fingerprint density at radius 3 is 2.73 bits per heavy atom. The summed E-state index contributed by atoms with van der Waals surface area (Å²) in [6, 6.07) is 10.8. The zero-order valence-corrected chi connectivity index (χ0v) is 24.8. The molecule has 5 rings (SSSR count). The van der Waals surface area contributed by atoms with Crippen LogP contribution < -0.4 is 14.4 Å². The molecule has 0 unspecified atom stereocenters. The predicted molar refractivity (Wildman–Crippen MR) is 157 cm³/mol. The van der Waals surface area contributed by atoms with Crippen molar-refractivity contribution in [2.45, 2.75) is 69.5 Å². The van der Waals surface area contributed by atoms with E-state index in [4.69, 9.17) is 21.1 Å². The second kappa shape index (κ2) is 12.5. The van der Waals surface area contributed by atoms with Crippen molar-refractivity contribution in [3.05, 3.63) is 64.7 Å². The molecule has 40 heavy (non-hydrogen) atoms. The molecule has 1 amide bonds. The Morgan fingerprint density at radius 2 is 1.95 bits per heavy atom. The van der Waals surface area contributed by atoms with E-state index in [-0.39, 0.29) is 23.3 Å². The minimum absolute atomic E-state index is 0.00288. The summed E-state index contributed by atoms with van der Waals surface area (Å²) in [4.78, 5) is 15.0. The highest BCUT2D eigenvalue weighted by Gasteiger charge is 2.38. The number of sulfonamides is 1. The minimum Gasteiger partial charge on any atom is -0.487 e. The molecule has 0 saturated heterocycles. The maximum Gasteiger partial charge on any atom is 0.264 e. The van der Waals surface area contributed by atoms with Gasteiger partial charge < -0.3 is 14.4 Å². The molecular weight excluding hydrogens is 548 g/mol. The van der Waals surface area contributed by atoms with Gasteiger partial charge in [0.05, 0.1) is 16.7 Å². The average molecular weight is 587 g/mol. The third kappa shape index (κ3) is 6.67. The number of amides is 1. The summed E-state index contributed by atoms with van der Waals surface area (Å²) in [7, 11) is -2.28. The molecule has 1 fully saturated rings. The van der Waals surface area contributed by atoms with Crippen molar-refractivity contribution < 1.29 is 22.7 Å². The first-order chi connectivity index (χ1) is 19.2. The Kier molecular flexibility index (Phi) is 9.08. The zero-order chi connectivity index (χ0) is 28.3. The second-order valence-corrected chi connectivity index (χ2v) is 13.6. The van der Waals surface area contributed by atoms with Gasteiger partial charge in [-0.25, -0.2) is 13.1 Å². The number of aryl methyl sites for hydroxylation is 1. The standard InChI is InChI=1S/C31H39ClN2O5S/c1-21-6-5-8-29(38-2)27-13-10-23(27)19-34-15-4-3-7-22-17-25(32)11-9-24(22)20-39-30-14-12-26(18-28(30)34)40(36,37)33-31(35)16-21/h5,8-9,11-12,14,17-18,21,23,27,29H,3-4,6-7,10,13,15-16,19-20H2,1-2H3,(H,33,35)/b8-5+/t21-,23+,27-,29+/m1/s1. The van der Waals surface area contributed by atoms with Crippen molar-refractivity contribution in [2.24, 2.45) is 17.8 Å². The minimum atomic E-state index is -4.04. The van der Waals surface area contributed by atoms with Gasteiger partial charge in [0.1, 0.15) is 12.4 Å². The molecule has 2 aromatic rings. The van der Waals surface area contributed by atoms with Gasteiger partial charge in [-0.2, -0.15) is 0 Å². The number of nitrogens with zero attached hydrogens (tertiary/aromatic N) is 1. The van der Waals surface area contributed by atoms with Gasteiger partial charge in [-0.05, 0) is 97.7 Å². The SMILES string of the molecule is CO[C@H]1/C=C/C[C@@H](C)CC(=O)NS(=O)(=O)c2ccc3c(c2)N(CCCCc2cc(Cl)ccc2CO3)C[C@@H]2CC[C@H]21. The molecule has 1 N–H and O–H groups in total. The van der Waals surface area contributed by atoms with Crippen LogP contribution in [0.1, 0.15) is 56.6 Å². The molecule has 7 nitrogen and oxygen atoms in total. The van der Waals surface area contributed by atoms with Gasteiger partial charge in [0.2, 0.25) is 5.91 Å². The van der Waals surface area contributed by atoms with Crippen LogP contribution in [0.3, 0.4) is 0 Å². The number of halogens is 1. The first kappa shape index (κ1) is 29.0. The lowest BCUT2D eigenvalue weighted by Gasteiger charge is -2.43. The number of hydrogen-bond acceptors (Lipinski definition) is 6. The Balaban J connectivity index is 1.54. The topological polar surface area (TPSA) is 84.9 Å². The van der Waals surface area contributed by atoms with Crippen molar-refractivity contribution in [1.29, 1.82) is 0 Å². The molecule has 2 aromatic carbocycles. The number of nitrogens with one attached hydrogen (secondary N) is 1. The molecule has 2 aliphatic heterocycles. The van der Waals surface area contributed by atoms with E-state index in [1.54, 1.807) is 19.2 Å². The predicted octanol–water partition coefficient (Wildman–Crippen LogP) is 5.89. The summed E-state index contributed by atoms with van der Waals surface area (Å²) in [6.45, 7) is 3.85. The second-order valence-electron chi connectivity index (χ2n) is 11.4. The van der Waals surface area contributed by atoms with Crippen LogP contribution in [0.4, 0.5) is 5.69 Å². The number of carbonyl (C=O) groups excluding carboxylic acids is 1. The molecule has 3 aliphatic rings. The number of rotatable bonds is 1. The zero-order valence-electron chi connectivity index (χ0n) is 23.3. The molecule has 4 atom stereocenters.